The number of hydrogen-bond acceptors (Lipinski definition) is 2. The number of carboxylic acid groups (broad SMARTS) is 1. The van der Waals surface area contributed by atoms with Crippen LogP contribution >= 0.6 is 34.8 Å². The highest BCUT2D eigenvalue weighted by Gasteiger charge is 2.22. The fourth-order valence-corrected chi connectivity index (χ4v) is 2.62. The first-order valence-corrected chi connectivity index (χ1v) is 8.20. The van der Waals surface area contributed by atoms with E-state index in [0.717, 1.165) is 5.56 Å². The molecule has 2 aromatic rings. The van der Waals surface area contributed by atoms with Crippen molar-refractivity contribution in [2.75, 3.05) is 5.32 Å². The number of halogens is 3. The summed E-state index contributed by atoms with van der Waals surface area (Å²) < 4.78 is 0. The minimum atomic E-state index is -1.04. The minimum Gasteiger partial charge on any atom is -0.481 e. The van der Waals surface area contributed by atoms with Crippen molar-refractivity contribution in [2.24, 2.45) is 5.92 Å². The number of benzene rings is 2. The van der Waals surface area contributed by atoms with Crippen molar-refractivity contribution in [1.82, 2.24) is 0 Å². The van der Waals surface area contributed by atoms with E-state index in [1.807, 2.05) is 0 Å². The lowest BCUT2D eigenvalue weighted by atomic mass is 9.95. The standard InChI is InChI=1S/C17H14Cl3NO3/c18-12-3-1-10(2-4-12)7-11(8-16(22)23)17(24)21-13-5-6-14(19)15(20)9-13/h1-6,9,11H,7-8H2,(H,21,24)(H,22,23)/t11-/m0/s1. The zero-order chi connectivity index (χ0) is 17.7. The van der Waals surface area contributed by atoms with E-state index in [-0.39, 0.29) is 12.8 Å². The van der Waals surface area contributed by atoms with Crippen molar-refractivity contribution >= 4 is 52.4 Å². The van der Waals surface area contributed by atoms with Gasteiger partial charge in [-0.25, -0.2) is 0 Å². The summed E-state index contributed by atoms with van der Waals surface area (Å²) in [5.74, 6) is -2.16. The number of aliphatic carboxylic acids is 1. The molecule has 24 heavy (non-hydrogen) atoms. The lowest BCUT2D eigenvalue weighted by Gasteiger charge is -2.15. The summed E-state index contributed by atoms with van der Waals surface area (Å²) in [5.41, 5.74) is 1.29. The molecule has 4 nitrogen and oxygen atoms in total. The summed E-state index contributed by atoms with van der Waals surface area (Å²) in [7, 11) is 0. The molecule has 0 aliphatic rings. The average Bonchev–Trinajstić information content (AvgIpc) is 2.52. The fourth-order valence-electron chi connectivity index (χ4n) is 2.19. The van der Waals surface area contributed by atoms with E-state index < -0.39 is 17.8 Å². The average molecular weight is 387 g/mol. The Kier molecular flexibility index (Phi) is 6.49. The maximum Gasteiger partial charge on any atom is 0.304 e. The quantitative estimate of drug-likeness (QED) is 0.740. The largest absolute Gasteiger partial charge is 0.481 e. The minimum absolute atomic E-state index is 0.282. The molecule has 126 valence electrons. The molecule has 0 heterocycles. The molecule has 0 saturated carbocycles. The number of carbonyl (C=O) groups is 2. The van der Waals surface area contributed by atoms with Gasteiger partial charge in [0.1, 0.15) is 0 Å². The normalized spacial score (nSPS) is 11.8. The van der Waals surface area contributed by atoms with Crippen LogP contribution in [0.4, 0.5) is 5.69 Å². The predicted octanol–water partition coefficient (Wildman–Crippen LogP) is 4.92. The summed E-state index contributed by atoms with van der Waals surface area (Å²) in [5, 5.41) is 13.0. The zero-order valence-corrected chi connectivity index (χ0v) is 14.7. The van der Waals surface area contributed by atoms with Gasteiger partial charge in [0.05, 0.1) is 22.4 Å². The molecule has 0 radical (unpaired) electrons. The van der Waals surface area contributed by atoms with Gasteiger partial charge in [0.2, 0.25) is 5.91 Å². The molecule has 0 bridgehead atoms. The SMILES string of the molecule is O=C(O)C[C@H](Cc1ccc(Cl)cc1)C(=O)Nc1ccc(Cl)c(Cl)c1. The summed E-state index contributed by atoms with van der Waals surface area (Å²) >= 11 is 17.6. The van der Waals surface area contributed by atoms with Crippen LogP contribution in [0.3, 0.4) is 0 Å². The van der Waals surface area contributed by atoms with Crippen LogP contribution in [0.1, 0.15) is 12.0 Å². The summed E-state index contributed by atoms with van der Waals surface area (Å²) in [6.45, 7) is 0. The Balaban J connectivity index is 2.13. The Morgan fingerprint density at radius 1 is 1.00 bits per heavy atom. The number of nitrogens with one attached hydrogen (secondary N) is 1. The number of rotatable bonds is 6. The van der Waals surface area contributed by atoms with Gasteiger partial charge in [-0.05, 0) is 42.3 Å². The van der Waals surface area contributed by atoms with Gasteiger partial charge in [-0.15, -0.1) is 0 Å². The van der Waals surface area contributed by atoms with E-state index in [9.17, 15) is 9.59 Å². The maximum absolute atomic E-state index is 12.4. The van der Waals surface area contributed by atoms with E-state index in [2.05, 4.69) is 5.32 Å². The number of carbonyl (C=O) groups excluding carboxylic acids is 1. The van der Waals surface area contributed by atoms with Crippen LogP contribution in [0.2, 0.25) is 15.1 Å². The van der Waals surface area contributed by atoms with E-state index >= 15 is 0 Å². The second-order valence-electron chi connectivity index (χ2n) is 5.24. The van der Waals surface area contributed by atoms with Crippen LogP contribution in [-0.2, 0) is 16.0 Å². The van der Waals surface area contributed by atoms with Gasteiger partial charge in [-0.1, -0.05) is 46.9 Å². The van der Waals surface area contributed by atoms with Crippen LogP contribution in [0.5, 0.6) is 0 Å². The van der Waals surface area contributed by atoms with Crippen LogP contribution in [-0.4, -0.2) is 17.0 Å². The van der Waals surface area contributed by atoms with Crippen molar-refractivity contribution in [1.29, 1.82) is 0 Å². The Labute approximate surface area is 154 Å². The van der Waals surface area contributed by atoms with Crippen molar-refractivity contribution in [3.8, 4) is 0 Å². The van der Waals surface area contributed by atoms with E-state index in [4.69, 9.17) is 39.9 Å². The Hall–Kier alpha value is -1.75. The van der Waals surface area contributed by atoms with Gasteiger partial charge in [0.15, 0.2) is 0 Å². The molecular formula is C17H14Cl3NO3. The van der Waals surface area contributed by atoms with Crippen LogP contribution in [0.15, 0.2) is 42.5 Å². The topological polar surface area (TPSA) is 66.4 Å². The van der Waals surface area contributed by atoms with E-state index in [1.165, 1.54) is 6.07 Å². The predicted molar refractivity (Wildman–Crippen MR) is 96.0 cm³/mol. The van der Waals surface area contributed by atoms with Crippen LogP contribution in [0.25, 0.3) is 0 Å². The van der Waals surface area contributed by atoms with Gasteiger partial charge >= 0.3 is 5.97 Å². The lowest BCUT2D eigenvalue weighted by Crippen LogP contribution is -2.27. The molecule has 0 aliphatic carbocycles. The first kappa shape index (κ1) is 18.6. The highest BCUT2D eigenvalue weighted by Crippen LogP contribution is 2.26. The molecule has 2 N–H and O–H groups in total. The van der Waals surface area contributed by atoms with Crippen LogP contribution in [0, 0.1) is 5.92 Å². The molecule has 0 spiro atoms. The van der Waals surface area contributed by atoms with Crippen molar-refractivity contribution < 1.29 is 14.7 Å². The van der Waals surface area contributed by atoms with Crippen molar-refractivity contribution in [2.45, 2.75) is 12.8 Å². The first-order valence-electron chi connectivity index (χ1n) is 7.07. The second kappa shape index (κ2) is 8.38. The summed E-state index contributed by atoms with van der Waals surface area (Å²) in [6.07, 6.45) is 0.00635. The molecule has 2 aromatic carbocycles. The number of amides is 1. The van der Waals surface area contributed by atoms with Crippen molar-refractivity contribution in [3.63, 3.8) is 0 Å². The molecular weight excluding hydrogens is 373 g/mol. The molecule has 0 aromatic heterocycles. The third-order valence-electron chi connectivity index (χ3n) is 3.37. The van der Waals surface area contributed by atoms with Gasteiger partial charge in [0.25, 0.3) is 0 Å². The molecule has 0 unspecified atom stereocenters. The molecule has 1 amide bonds. The third kappa shape index (κ3) is 5.41. The highest BCUT2D eigenvalue weighted by molar-refractivity contribution is 6.42. The van der Waals surface area contributed by atoms with E-state index in [0.29, 0.717) is 20.8 Å². The Morgan fingerprint density at radius 2 is 1.67 bits per heavy atom. The molecule has 0 fully saturated rings. The van der Waals surface area contributed by atoms with Gasteiger partial charge in [-0.3, -0.25) is 9.59 Å². The molecule has 7 heteroatoms. The monoisotopic (exact) mass is 385 g/mol. The number of carboxylic acids is 1. The smallest absolute Gasteiger partial charge is 0.304 e. The summed E-state index contributed by atoms with van der Waals surface area (Å²) in [6, 6.07) is 11.6. The maximum atomic E-state index is 12.4. The van der Waals surface area contributed by atoms with Gasteiger partial charge in [-0.2, -0.15) is 0 Å². The molecule has 2 rings (SSSR count). The van der Waals surface area contributed by atoms with Gasteiger partial charge < -0.3 is 10.4 Å². The van der Waals surface area contributed by atoms with E-state index in [1.54, 1.807) is 36.4 Å². The number of anilines is 1. The Morgan fingerprint density at radius 3 is 2.25 bits per heavy atom. The molecule has 1 atom stereocenters. The van der Waals surface area contributed by atoms with Gasteiger partial charge in [0, 0.05) is 10.7 Å². The summed E-state index contributed by atoms with van der Waals surface area (Å²) in [4.78, 5) is 23.5. The Bertz CT molecular complexity index is 747. The van der Waals surface area contributed by atoms with Crippen LogP contribution < -0.4 is 5.32 Å². The molecule has 0 saturated heterocycles. The zero-order valence-electron chi connectivity index (χ0n) is 12.4. The fraction of sp³-hybridized carbons (Fsp3) is 0.176. The third-order valence-corrected chi connectivity index (χ3v) is 4.37. The van der Waals surface area contributed by atoms with Crippen molar-refractivity contribution in [3.05, 3.63) is 63.1 Å². The molecule has 0 aliphatic heterocycles. The number of hydrogen-bond donors (Lipinski definition) is 2. The first-order chi connectivity index (χ1) is 11.3. The highest BCUT2D eigenvalue weighted by atomic mass is 35.5. The lowest BCUT2D eigenvalue weighted by molar-refractivity contribution is -0.140. The second-order valence-corrected chi connectivity index (χ2v) is 6.49.